The fourth-order valence-corrected chi connectivity index (χ4v) is 3.40. The van der Waals surface area contributed by atoms with Gasteiger partial charge < -0.3 is 5.73 Å². The summed E-state index contributed by atoms with van der Waals surface area (Å²) in [6, 6.07) is 18.5. The largest absolute Gasteiger partial charge is 0.323 e. The average Bonchev–Trinajstić information content (AvgIpc) is 2.53. The topological polar surface area (TPSA) is 38.9 Å². The minimum Gasteiger partial charge on any atom is -0.323 e. The molecule has 1 atom stereocenters. The van der Waals surface area contributed by atoms with Crippen molar-refractivity contribution in [2.75, 3.05) is 5.75 Å². The van der Waals surface area contributed by atoms with Gasteiger partial charge in [-0.25, -0.2) is 0 Å². The smallest absolute Gasteiger partial charge is 0.0705 e. The lowest BCUT2D eigenvalue weighted by Gasteiger charge is -2.14. The Morgan fingerprint density at radius 3 is 2.67 bits per heavy atom. The number of nitrogens with two attached hydrogens (primary N) is 1. The van der Waals surface area contributed by atoms with E-state index in [1.54, 1.807) is 11.8 Å². The van der Waals surface area contributed by atoms with Crippen molar-refractivity contribution in [1.82, 2.24) is 4.98 Å². The fraction of sp³-hybridized carbons (Fsp3) is 0.118. The number of aromatic nitrogens is 1. The Morgan fingerprint density at radius 2 is 1.86 bits per heavy atom. The quantitative estimate of drug-likeness (QED) is 0.681. The molecule has 2 aromatic carbocycles. The predicted molar refractivity (Wildman–Crippen MR) is 93.5 cm³/mol. The van der Waals surface area contributed by atoms with Crippen LogP contribution < -0.4 is 5.73 Å². The Hall–Kier alpha value is -1.36. The Balaban J connectivity index is 1.78. The van der Waals surface area contributed by atoms with Gasteiger partial charge in [-0.2, -0.15) is 0 Å². The molecule has 1 heterocycles. The van der Waals surface area contributed by atoms with Crippen LogP contribution in [0.2, 0.25) is 0 Å². The van der Waals surface area contributed by atoms with Gasteiger partial charge in [0.2, 0.25) is 0 Å². The van der Waals surface area contributed by atoms with Gasteiger partial charge in [0.05, 0.1) is 5.52 Å². The molecule has 106 valence electrons. The molecule has 0 aliphatic heterocycles. The van der Waals surface area contributed by atoms with Crippen LogP contribution in [-0.4, -0.2) is 10.7 Å². The Kier molecular flexibility index (Phi) is 4.58. The van der Waals surface area contributed by atoms with E-state index in [1.807, 2.05) is 24.4 Å². The first-order valence-corrected chi connectivity index (χ1v) is 8.49. The molecule has 0 spiro atoms. The van der Waals surface area contributed by atoms with Crippen molar-refractivity contribution in [2.45, 2.75) is 10.9 Å². The zero-order chi connectivity index (χ0) is 14.7. The minimum absolute atomic E-state index is 0.00783. The third-order valence-electron chi connectivity index (χ3n) is 3.32. The predicted octanol–water partition coefficient (Wildman–Crippen LogP) is 4.79. The summed E-state index contributed by atoms with van der Waals surface area (Å²) in [5.74, 6) is 0.843. The molecule has 4 heteroatoms. The van der Waals surface area contributed by atoms with Gasteiger partial charge in [-0.1, -0.05) is 34.1 Å². The first kappa shape index (κ1) is 14.6. The molecule has 0 radical (unpaired) electrons. The molecule has 2 N–H and O–H groups in total. The maximum atomic E-state index is 6.38. The van der Waals surface area contributed by atoms with Crippen LogP contribution in [0.1, 0.15) is 11.6 Å². The standard InChI is InChI=1S/C17H15BrN2S/c18-12-6-8-13(9-7-12)21-11-16(19)14-3-1-5-17-15(14)4-2-10-20-17/h1-10,16H,11,19H2. The molecule has 21 heavy (non-hydrogen) atoms. The van der Waals surface area contributed by atoms with Gasteiger partial charge >= 0.3 is 0 Å². The van der Waals surface area contributed by atoms with E-state index in [1.165, 1.54) is 4.90 Å². The van der Waals surface area contributed by atoms with Crippen LogP contribution in [0.25, 0.3) is 10.9 Å². The number of thioether (sulfide) groups is 1. The lowest BCUT2D eigenvalue weighted by Crippen LogP contribution is -2.13. The SMILES string of the molecule is NC(CSc1ccc(Br)cc1)c1cccc2ncccc12. The number of halogens is 1. The third-order valence-corrected chi connectivity index (χ3v) is 4.98. The first-order valence-electron chi connectivity index (χ1n) is 6.71. The van der Waals surface area contributed by atoms with Crippen molar-refractivity contribution in [3.63, 3.8) is 0 Å². The van der Waals surface area contributed by atoms with Crippen molar-refractivity contribution >= 4 is 38.6 Å². The van der Waals surface area contributed by atoms with Crippen LogP contribution in [0.4, 0.5) is 0 Å². The van der Waals surface area contributed by atoms with E-state index in [0.29, 0.717) is 0 Å². The highest BCUT2D eigenvalue weighted by Crippen LogP contribution is 2.28. The number of fused-ring (bicyclic) bond motifs is 1. The van der Waals surface area contributed by atoms with Gasteiger partial charge in [-0.05, 0) is 42.0 Å². The van der Waals surface area contributed by atoms with Crippen LogP contribution in [0.15, 0.2) is 70.2 Å². The summed E-state index contributed by atoms with van der Waals surface area (Å²) in [5.41, 5.74) is 8.54. The number of hydrogen-bond donors (Lipinski definition) is 1. The minimum atomic E-state index is -0.00783. The van der Waals surface area contributed by atoms with Crippen molar-refractivity contribution in [2.24, 2.45) is 5.73 Å². The molecule has 0 fully saturated rings. The second-order valence-corrected chi connectivity index (χ2v) is 6.80. The molecule has 0 amide bonds. The summed E-state index contributed by atoms with van der Waals surface area (Å²) in [6.07, 6.45) is 1.81. The molecule has 0 aliphatic rings. The van der Waals surface area contributed by atoms with E-state index in [0.717, 1.165) is 26.7 Å². The highest BCUT2D eigenvalue weighted by molar-refractivity contribution is 9.10. The van der Waals surface area contributed by atoms with Crippen LogP contribution in [0.3, 0.4) is 0 Å². The summed E-state index contributed by atoms with van der Waals surface area (Å²) in [4.78, 5) is 5.61. The van der Waals surface area contributed by atoms with E-state index in [-0.39, 0.29) is 6.04 Å². The van der Waals surface area contributed by atoms with Crippen LogP contribution in [0, 0.1) is 0 Å². The van der Waals surface area contributed by atoms with Crippen LogP contribution >= 0.6 is 27.7 Å². The molecule has 1 unspecified atom stereocenters. The van der Waals surface area contributed by atoms with E-state index >= 15 is 0 Å². The van der Waals surface area contributed by atoms with Gasteiger partial charge in [0.25, 0.3) is 0 Å². The second kappa shape index (κ2) is 6.60. The normalized spacial score (nSPS) is 12.5. The Labute approximate surface area is 136 Å². The maximum absolute atomic E-state index is 6.38. The van der Waals surface area contributed by atoms with E-state index in [4.69, 9.17) is 5.73 Å². The monoisotopic (exact) mass is 358 g/mol. The third kappa shape index (κ3) is 3.46. The molecule has 0 bridgehead atoms. The van der Waals surface area contributed by atoms with Gasteiger partial charge in [0, 0.05) is 32.7 Å². The molecular weight excluding hydrogens is 344 g/mol. The lowest BCUT2D eigenvalue weighted by atomic mass is 10.0. The molecule has 0 aliphatic carbocycles. The van der Waals surface area contributed by atoms with Gasteiger partial charge in [0.1, 0.15) is 0 Å². The highest BCUT2D eigenvalue weighted by Gasteiger charge is 2.10. The molecule has 0 saturated heterocycles. The van der Waals surface area contributed by atoms with E-state index in [9.17, 15) is 0 Å². The van der Waals surface area contributed by atoms with Gasteiger partial charge in [-0.15, -0.1) is 11.8 Å². The number of benzene rings is 2. The number of nitrogens with zero attached hydrogens (tertiary/aromatic N) is 1. The maximum Gasteiger partial charge on any atom is 0.0705 e. The Bertz CT molecular complexity index is 738. The summed E-state index contributed by atoms with van der Waals surface area (Å²) in [6.45, 7) is 0. The van der Waals surface area contributed by atoms with E-state index in [2.05, 4.69) is 57.3 Å². The molecule has 3 aromatic rings. The van der Waals surface area contributed by atoms with Crippen molar-refractivity contribution < 1.29 is 0 Å². The molecule has 2 nitrogen and oxygen atoms in total. The van der Waals surface area contributed by atoms with Gasteiger partial charge in [0.15, 0.2) is 0 Å². The first-order chi connectivity index (χ1) is 10.2. The fourth-order valence-electron chi connectivity index (χ4n) is 2.26. The second-order valence-electron chi connectivity index (χ2n) is 4.79. The number of pyridine rings is 1. The molecule has 1 aromatic heterocycles. The van der Waals surface area contributed by atoms with Crippen molar-refractivity contribution in [3.05, 3.63) is 70.8 Å². The number of hydrogen-bond acceptors (Lipinski definition) is 3. The van der Waals surface area contributed by atoms with Crippen LogP contribution in [-0.2, 0) is 0 Å². The van der Waals surface area contributed by atoms with Crippen molar-refractivity contribution in [1.29, 1.82) is 0 Å². The van der Waals surface area contributed by atoms with E-state index < -0.39 is 0 Å². The zero-order valence-corrected chi connectivity index (χ0v) is 13.8. The zero-order valence-electron chi connectivity index (χ0n) is 11.4. The van der Waals surface area contributed by atoms with Gasteiger partial charge in [-0.3, -0.25) is 4.98 Å². The molecular formula is C17H15BrN2S. The highest BCUT2D eigenvalue weighted by atomic mass is 79.9. The molecule has 3 rings (SSSR count). The average molecular weight is 359 g/mol. The molecule has 0 saturated carbocycles. The number of rotatable bonds is 4. The van der Waals surface area contributed by atoms with Crippen molar-refractivity contribution in [3.8, 4) is 0 Å². The summed E-state index contributed by atoms with van der Waals surface area (Å²) >= 11 is 5.22. The van der Waals surface area contributed by atoms with Crippen LogP contribution in [0.5, 0.6) is 0 Å². The summed E-state index contributed by atoms with van der Waals surface area (Å²) in [5, 5.41) is 1.14. The lowest BCUT2D eigenvalue weighted by molar-refractivity contribution is 0.839. The summed E-state index contributed by atoms with van der Waals surface area (Å²) in [7, 11) is 0. The Morgan fingerprint density at radius 1 is 1.05 bits per heavy atom. The summed E-state index contributed by atoms with van der Waals surface area (Å²) < 4.78 is 1.09.